The van der Waals surface area contributed by atoms with Gasteiger partial charge in [0.05, 0.1) is 13.1 Å². The van der Waals surface area contributed by atoms with Crippen molar-refractivity contribution in [3.8, 4) is 0 Å². The lowest BCUT2D eigenvalue weighted by Gasteiger charge is -2.10. The van der Waals surface area contributed by atoms with Gasteiger partial charge in [0, 0.05) is 25.9 Å². The van der Waals surface area contributed by atoms with Gasteiger partial charge in [0.2, 0.25) is 23.6 Å². The first-order valence-electron chi connectivity index (χ1n) is 5.64. The fraction of sp³-hybridized carbons (Fsp3) is 0.600. The van der Waals surface area contributed by atoms with Crippen molar-refractivity contribution < 1.29 is 19.2 Å². The van der Waals surface area contributed by atoms with E-state index < -0.39 is 0 Å². The van der Waals surface area contributed by atoms with Crippen LogP contribution in [0.4, 0.5) is 0 Å². The third kappa shape index (κ3) is 5.83. The van der Waals surface area contributed by atoms with Crippen LogP contribution in [0.3, 0.4) is 0 Å². The van der Waals surface area contributed by atoms with Crippen LogP contribution in [0, 0.1) is 0 Å². The Morgan fingerprint density at radius 3 is 1.33 bits per heavy atom. The highest BCUT2D eigenvalue weighted by Gasteiger charge is 2.10. The Labute approximate surface area is 104 Å². The molecule has 1 aliphatic rings. The van der Waals surface area contributed by atoms with E-state index in [4.69, 9.17) is 0 Å². The molecule has 8 nitrogen and oxygen atoms in total. The van der Waals surface area contributed by atoms with Crippen molar-refractivity contribution in [2.45, 2.75) is 12.8 Å². The van der Waals surface area contributed by atoms with Crippen molar-refractivity contribution in [2.24, 2.45) is 0 Å². The SMILES string of the molecule is O=C1CCNC(=O)CNC(=O)CCNC(=O)CN1. The van der Waals surface area contributed by atoms with Gasteiger partial charge in [0.1, 0.15) is 0 Å². The summed E-state index contributed by atoms with van der Waals surface area (Å²) in [5, 5.41) is 9.79. The normalized spacial score (nSPS) is 20.0. The highest BCUT2D eigenvalue weighted by atomic mass is 16.2. The predicted molar refractivity (Wildman–Crippen MR) is 61.3 cm³/mol. The van der Waals surface area contributed by atoms with Crippen molar-refractivity contribution in [1.29, 1.82) is 0 Å². The smallest absolute Gasteiger partial charge is 0.239 e. The monoisotopic (exact) mass is 256 g/mol. The second kappa shape index (κ2) is 7.25. The Morgan fingerprint density at radius 1 is 0.556 bits per heavy atom. The molecule has 1 fully saturated rings. The van der Waals surface area contributed by atoms with Gasteiger partial charge in [-0.2, -0.15) is 0 Å². The van der Waals surface area contributed by atoms with Gasteiger partial charge in [-0.1, -0.05) is 0 Å². The highest BCUT2D eigenvalue weighted by molar-refractivity contribution is 5.87. The molecule has 0 bridgehead atoms. The number of carbonyl (C=O) groups is 4. The lowest BCUT2D eigenvalue weighted by atomic mass is 10.3. The minimum atomic E-state index is -0.350. The van der Waals surface area contributed by atoms with Crippen LogP contribution in [0.15, 0.2) is 0 Å². The molecule has 100 valence electrons. The molecule has 1 rings (SSSR count). The van der Waals surface area contributed by atoms with Gasteiger partial charge in [0.25, 0.3) is 0 Å². The Morgan fingerprint density at radius 2 is 0.944 bits per heavy atom. The average Bonchev–Trinajstić information content (AvgIpc) is 2.33. The van der Waals surface area contributed by atoms with E-state index in [0.717, 1.165) is 0 Å². The zero-order valence-electron chi connectivity index (χ0n) is 9.88. The molecular formula is C10H16N4O4. The van der Waals surface area contributed by atoms with E-state index >= 15 is 0 Å². The van der Waals surface area contributed by atoms with Crippen LogP contribution in [-0.2, 0) is 19.2 Å². The van der Waals surface area contributed by atoms with Gasteiger partial charge in [0.15, 0.2) is 0 Å². The molecule has 0 atom stereocenters. The van der Waals surface area contributed by atoms with Crippen molar-refractivity contribution >= 4 is 23.6 Å². The van der Waals surface area contributed by atoms with Gasteiger partial charge in [-0.25, -0.2) is 0 Å². The van der Waals surface area contributed by atoms with Crippen molar-refractivity contribution in [3.05, 3.63) is 0 Å². The summed E-state index contributed by atoms with van der Waals surface area (Å²) in [5.41, 5.74) is 0. The third-order valence-electron chi connectivity index (χ3n) is 2.24. The molecule has 0 aromatic carbocycles. The molecule has 0 saturated carbocycles. The number of rotatable bonds is 0. The Bertz CT molecular complexity index is 290. The summed E-state index contributed by atoms with van der Waals surface area (Å²) >= 11 is 0. The Kier molecular flexibility index (Phi) is 5.62. The second-order valence-corrected chi connectivity index (χ2v) is 3.75. The predicted octanol–water partition coefficient (Wildman–Crippen LogP) is -2.75. The number of hydrogen-bond acceptors (Lipinski definition) is 4. The maximum Gasteiger partial charge on any atom is 0.239 e. The highest BCUT2D eigenvalue weighted by Crippen LogP contribution is 1.82. The van der Waals surface area contributed by atoms with E-state index in [1.54, 1.807) is 0 Å². The lowest BCUT2D eigenvalue weighted by Crippen LogP contribution is -2.42. The quantitative estimate of drug-likeness (QED) is 0.376. The number of nitrogens with one attached hydrogen (secondary N) is 4. The zero-order valence-corrected chi connectivity index (χ0v) is 9.88. The summed E-state index contributed by atoms with van der Waals surface area (Å²) in [6.45, 7) is 0.0765. The fourth-order valence-electron chi connectivity index (χ4n) is 1.29. The van der Waals surface area contributed by atoms with Crippen molar-refractivity contribution in [3.63, 3.8) is 0 Å². The molecule has 1 saturated heterocycles. The molecule has 18 heavy (non-hydrogen) atoms. The van der Waals surface area contributed by atoms with Crippen LogP contribution in [0.5, 0.6) is 0 Å². The molecule has 0 radical (unpaired) electrons. The van der Waals surface area contributed by atoms with Crippen molar-refractivity contribution in [1.82, 2.24) is 21.3 Å². The molecule has 1 aliphatic heterocycles. The van der Waals surface area contributed by atoms with Crippen molar-refractivity contribution in [2.75, 3.05) is 26.2 Å². The molecule has 0 spiro atoms. The molecule has 4 amide bonds. The summed E-state index contributed by atoms with van der Waals surface area (Å²) < 4.78 is 0. The van der Waals surface area contributed by atoms with Gasteiger partial charge in [-0.15, -0.1) is 0 Å². The Hall–Kier alpha value is -2.12. The summed E-state index contributed by atoms with van der Waals surface area (Å²) in [6, 6.07) is 0. The fourth-order valence-corrected chi connectivity index (χ4v) is 1.29. The van der Waals surface area contributed by atoms with E-state index in [1.807, 2.05) is 0 Å². The van der Waals surface area contributed by atoms with Crippen LogP contribution in [0.2, 0.25) is 0 Å². The van der Waals surface area contributed by atoms with Crippen LogP contribution in [0.1, 0.15) is 12.8 Å². The summed E-state index contributed by atoms with van der Waals surface area (Å²) in [7, 11) is 0. The topological polar surface area (TPSA) is 116 Å². The minimum Gasteiger partial charge on any atom is -0.354 e. The first-order valence-corrected chi connectivity index (χ1v) is 5.64. The van der Waals surface area contributed by atoms with E-state index in [0.29, 0.717) is 0 Å². The summed E-state index contributed by atoms with van der Waals surface area (Å²) in [6.07, 6.45) is 0.180. The van der Waals surface area contributed by atoms with Gasteiger partial charge in [-0.3, -0.25) is 19.2 Å². The van der Waals surface area contributed by atoms with Crippen LogP contribution in [0.25, 0.3) is 0 Å². The maximum absolute atomic E-state index is 11.2. The van der Waals surface area contributed by atoms with Crippen LogP contribution < -0.4 is 21.3 Å². The first kappa shape index (κ1) is 13.9. The lowest BCUT2D eigenvalue weighted by molar-refractivity contribution is -0.128. The maximum atomic E-state index is 11.2. The molecule has 0 aromatic rings. The molecule has 1 heterocycles. The molecule has 0 unspecified atom stereocenters. The zero-order chi connectivity index (χ0) is 13.4. The van der Waals surface area contributed by atoms with E-state index in [9.17, 15) is 19.2 Å². The Balaban J connectivity index is 2.46. The molecule has 0 aliphatic carbocycles. The van der Waals surface area contributed by atoms with Crippen LogP contribution >= 0.6 is 0 Å². The molecule has 0 aromatic heterocycles. The van der Waals surface area contributed by atoms with E-state index in [1.165, 1.54) is 0 Å². The van der Waals surface area contributed by atoms with Gasteiger partial charge >= 0.3 is 0 Å². The minimum absolute atomic E-state index is 0.0902. The van der Waals surface area contributed by atoms with E-state index in [2.05, 4.69) is 21.3 Å². The molecular weight excluding hydrogens is 240 g/mol. The average molecular weight is 256 g/mol. The van der Waals surface area contributed by atoms with Gasteiger partial charge < -0.3 is 21.3 Å². The number of amides is 4. The first-order chi connectivity index (χ1) is 8.58. The summed E-state index contributed by atoms with van der Waals surface area (Å²) in [5.74, 6) is -1.33. The largest absolute Gasteiger partial charge is 0.354 e. The van der Waals surface area contributed by atoms with E-state index in [-0.39, 0.29) is 62.6 Å². The number of carbonyl (C=O) groups excluding carboxylic acids is 4. The van der Waals surface area contributed by atoms with Gasteiger partial charge in [-0.05, 0) is 0 Å². The number of hydrogen-bond donors (Lipinski definition) is 4. The second-order valence-electron chi connectivity index (χ2n) is 3.75. The van der Waals surface area contributed by atoms with Crippen LogP contribution in [-0.4, -0.2) is 49.8 Å². The summed E-state index contributed by atoms with van der Waals surface area (Å²) in [4.78, 5) is 44.9. The standard InChI is InChI=1S/C10H16N4O4/c15-7-1-3-11-9(17)6-14-8(16)2-4-12-10(18)5-13-7/h1-6H2,(H,11,17)(H,12,18)(H,13,15)(H,14,16). The molecule has 8 heteroatoms. The molecule has 4 N–H and O–H groups in total. The third-order valence-corrected chi connectivity index (χ3v) is 2.24.